The van der Waals surface area contributed by atoms with Gasteiger partial charge in [-0.25, -0.2) is 4.57 Å². The fourth-order valence-corrected chi connectivity index (χ4v) is 7.14. The van der Waals surface area contributed by atoms with Crippen LogP contribution in [0.3, 0.4) is 0 Å². The van der Waals surface area contributed by atoms with Gasteiger partial charge in [0.05, 0.1) is 13.2 Å². The number of carbonyl (C=O) groups is 3. The first-order valence-corrected chi connectivity index (χ1v) is 23.6. The molecule has 0 bridgehead atoms. The van der Waals surface area contributed by atoms with Gasteiger partial charge in [0.2, 0.25) is 0 Å². The van der Waals surface area contributed by atoms with Crippen LogP contribution in [-0.2, 0) is 37.5 Å². The van der Waals surface area contributed by atoms with Crippen LogP contribution in [0.5, 0.6) is 0 Å². The van der Waals surface area contributed by atoms with Gasteiger partial charge in [-0.2, -0.15) is 0 Å². The zero-order valence-electron chi connectivity index (χ0n) is 34.6. The number of carboxylic acids is 1. The van der Waals surface area contributed by atoms with E-state index < -0.39 is 51.1 Å². The summed E-state index contributed by atoms with van der Waals surface area (Å²) in [5.41, 5.74) is 5.33. The van der Waals surface area contributed by atoms with Crippen LogP contribution in [0.15, 0.2) is 0 Å². The smallest absolute Gasteiger partial charge is 0.472 e. The quantitative estimate of drug-likeness (QED) is 0.0305. The molecule has 1 unspecified atom stereocenters. The predicted octanol–water partition coefficient (Wildman–Crippen LogP) is 11.5. The summed E-state index contributed by atoms with van der Waals surface area (Å²) >= 11 is 0. The van der Waals surface area contributed by atoms with Crippen molar-refractivity contribution in [1.82, 2.24) is 0 Å². The molecular formula is C42H82NO10P. The average molecular weight is 792 g/mol. The zero-order valence-corrected chi connectivity index (χ0v) is 35.5. The molecule has 0 radical (unpaired) electrons. The van der Waals surface area contributed by atoms with Crippen molar-refractivity contribution in [3.63, 3.8) is 0 Å². The number of nitrogens with two attached hydrogens (primary N) is 1. The van der Waals surface area contributed by atoms with Crippen LogP contribution in [0.1, 0.15) is 219 Å². The summed E-state index contributed by atoms with van der Waals surface area (Å²) in [5.74, 6) is -2.36. The summed E-state index contributed by atoms with van der Waals surface area (Å²) in [4.78, 5) is 45.9. The number of phosphoric ester groups is 1. The maximum Gasteiger partial charge on any atom is 0.472 e. The zero-order chi connectivity index (χ0) is 40.0. The van der Waals surface area contributed by atoms with Crippen molar-refractivity contribution in [2.45, 2.75) is 231 Å². The van der Waals surface area contributed by atoms with Crippen molar-refractivity contribution < 1.29 is 47.5 Å². The maximum absolute atomic E-state index is 12.6. The van der Waals surface area contributed by atoms with E-state index in [-0.39, 0.29) is 19.4 Å². The molecule has 0 fully saturated rings. The molecule has 0 amide bonds. The lowest BCUT2D eigenvalue weighted by molar-refractivity contribution is -0.161. The number of unbranched alkanes of at least 4 members (excludes halogenated alkanes) is 28. The summed E-state index contributed by atoms with van der Waals surface area (Å²) in [6.07, 6.45) is 36.0. The molecule has 12 heteroatoms. The number of esters is 2. The van der Waals surface area contributed by atoms with Gasteiger partial charge in [0.1, 0.15) is 12.6 Å². The highest BCUT2D eigenvalue weighted by molar-refractivity contribution is 7.47. The van der Waals surface area contributed by atoms with E-state index in [2.05, 4.69) is 18.4 Å². The van der Waals surface area contributed by atoms with Crippen LogP contribution in [0.4, 0.5) is 0 Å². The molecule has 0 aromatic rings. The molecule has 0 saturated heterocycles. The lowest BCUT2D eigenvalue weighted by atomic mass is 10.0. The van der Waals surface area contributed by atoms with Gasteiger partial charge in [0.15, 0.2) is 6.10 Å². The number of phosphoric acid groups is 1. The molecule has 0 aliphatic carbocycles. The van der Waals surface area contributed by atoms with Crippen LogP contribution in [0, 0.1) is 0 Å². The van der Waals surface area contributed by atoms with E-state index in [9.17, 15) is 23.8 Å². The molecule has 0 rings (SSSR count). The van der Waals surface area contributed by atoms with Crippen molar-refractivity contribution in [2.75, 3.05) is 19.8 Å². The Kier molecular flexibility index (Phi) is 37.3. The Hall–Kier alpha value is -1.52. The fraction of sp³-hybridized carbons (Fsp3) is 0.929. The molecular weight excluding hydrogens is 709 g/mol. The Morgan fingerprint density at radius 2 is 0.815 bits per heavy atom. The Morgan fingerprint density at radius 1 is 0.500 bits per heavy atom. The second-order valence-electron chi connectivity index (χ2n) is 15.2. The van der Waals surface area contributed by atoms with Crippen molar-refractivity contribution >= 4 is 25.7 Å². The molecule has 0 spiro atoms. The van der Waals surface area contributed by atoms with Crippen molar-refractivity contribution in [1.29, 1.82) is 0 Å². The predicted molar refractivity (Wildman–Crippen MR) is 217 cm³/mol. The highest BCUT2D eigenvalue weighted by Crippen LogP contribution is 2.43. The van der Waals surface area contributed by atoms with E-state index in [1.807, 2.05) is 0 Å². The summed E-state index contributed by atoms with van der Waals surface area (Å²) < 4.78 is 32.7. The number of ether oxygens (including phenoxy) is 2. The van der Waals surface area contributed by atoms with Gasteiger partial charge in [0.25, 0.3) is 0 Å². The maximum atomic E-state index is 12.6. The monoisotopic (exact) mass is 792 g/mol. The number of aliphatic carboxylic acids is 1. The summed E-state index contributed by atoms with van der Waals surface area (Å²) in [5, 5.41) is 8.88. The van der Waals surface area contributed by atoms with Gasteiger partial charge >= 0.3 is 25.7 Å². The largest absolute Gasteiger partial charge is 0.480 e. The average Bonchev–Trinajstić information content (AvgIpc) is 3.14. The molecule has 54 heavy (non-hydrogen) atoms. The summed E-state index contributed by atoms with van der Waals surface area (Å²) in [7, 11) is -4.70. The summed E-state index contributed by atoms with van der Waals surface area (Å²) in [6, 6.07) is -1.52. The molecule has 0 saturated carbocycles. The fourth-order valence-electron chi connectivity index (χ4n) is 6.36. The Morgan fingerprint density at radius 3 is 1.17 bits per heavy atom. The molecule has 0 aromatic carbocycles. The van der Waals surface area contributed by atoms with Crippen molar-refractivity contribution in [2.24, 2.45) is 5.73 Å². The van der Waals surface area contributed by atoms with Crippen molar-refractivity contribution in [3.8, 4) is 0 Å². The van der Waals surface area contributed by atoms with Gasteiger partial charge in [0, 0.05) is 12.8 Å². The molecule has 11 nitrogen and oxygen atoms in total. The van der Waals surface area contributed by atoms with Gasteiger partial charge < -0.3 is 25.2 Å². The third kappa shape index (κ3) is 37.4. The topological polar surface area (TPSA) is 172 Å². The lowest BCUT2D eigenvalue weighted by Gasteiger charge is -2.20. The molecule has 0 aromatic heterocycles. The number of hydrogen-bond acceptors (Lipinski definition) is 9. The molecule has 3 atom stereocenters. The van der Waals surface area contributed by atoms with Gasteiger partial charge in [-0.1, -0.05) is 194 Å². The van der Waals surface area contributed by atoms with Crippen LogP contribution in [0.25, 0.3) is 0 Å². The molecule has 0 aliphatic rings. The highest BCUT2D eigenvalue weighted by Gasteiger charge is 2.28. The molecule has 4 N–H and O–H groups in total. The minimum Gasteiger partial charge on any atom is -0.480 e. The lowest BCUT2D eigenvalue weighted by Crippen LogP contribution is -2.34. The van der Waals surface area contributed by atoms with Crippen molar-refractivity contribution in [3.05, 3.63) is 0 Å². The Bertz CT molecular complexity index is 937. The second-order valence-corrected chi connectivity index (χ2v) is 16.7. The minimum atomic E-state index is -4.70. The minimum absolute atomic E-state index is 0.169. The van der Waals surface area contributed by atoms with Gasteiger partial charge in [-0.3, -0.25) is 23.4 Å². The van der Waals surface area contributed by atoms with Crippen LogP contribution in [-0.4, -0.2) is 59.9 Å². The van der Waals surface area contributed by atoms with Gasteiger partial charge in [-0.05, 0) is 12.8 Å². The van der Waals surface area contributed by atoms with E-state index in [1.165, 1.54) is 141 Å². The first kappa shape index (κ1) is 52.5. The Labute approximate surface area is 329 Å². The van der Waals surface area contributed by atoms with Gasteiger partial charge in [-0.15, -0.1) is 0 Å². The number of hydrogen-bond donors (Lipinski definition) is 3. The SMILES string of the molecule is CCCCCCCCCCCCCCCCCCCCCC(=O)O[C@@H](COC(=O)CCCCCCCCCCCCC)COP(=O)(O)OC[C@H](N)C(=O)O. The standard InChI is InChI=1S/C42H82NO10P/c1-3-5-7-9-11-13-15-16-17-18-19-20-21-22-24-26-28-30-32-34-41(45)53-38(36-51-54(48,49)52-37-39(43)42(46)47)35-50-40(44)33-31-29-27-25-23-14-12-10-8-6-4-2/h38-39H,3-37,43H2,1-2H3,(H,46,47)(H,48,49)/t38-,39-/m0/s1. The second kappa shape index (κ2) is 38.4. The van der Waals surface area contributed by atoms with E-state index >= 15 is 0 Å². The first-order valence-electron chi connectivity index (χ1n) is 22.1. The highest BCUT2D eigenvalue weighted by atomic mass is 31.2. The van der Waals surface area contributed by atoms with E-state index in [1.54, 1.807) is 0 Å². The molecule has 320 valence electrons. The Balaban J connectivity index is 4.26. The van der Waals surface area contributed by atoms with E-state index in [0.717, 1.165) is 38.5 Å². The normalized spacial score (nSPS) is 13.7. The summed E-state index contributed by atoms with van der Waals surface area (Å²) in [6.45, 7) is 2.82. The molecule has 0 heterocycles. The third-order valence-corrected chi connectivity index (χ3v) is 10.8. The van der Waals surface area contributed by atoms with E-state index in [4.69, 9.17) is 24.8 Å². The van der Waals surface area contributed by atoms with Crippen LogP contribution < -0.4 is 5.73 Å². The number of carbonyl (C=O) groups excluding carboxylic acids is 2. The van der Waals surface area contributed by atoms with Crippen LogP contribution >= 0.6 is 7.82 Å². The third-order valence-electron chi connectivity index (χ3n) is 9.86. The molecule has 0 aliphatic heterocycles. The van der Waals surface area contributed by atoms with E-state index in [0.29, 0.717) is 12.8 Å². The number of carboxylic acid groups (broad SMARTS) is 1. The first-order chi connectivity index (χ1) is 26.1. The van der Waals surface area contributed by atoms with Crippen LogP contribution in [0.2, 0.25) is 0 Å². The number of rotatable bonds is 42.